The SMILES string of the molecule is COc1ccc(OC(C)C)c(-c2ccc(C(=O)O)c(CCC3CCCC3)n2)c1. The van der Waals surface area contributed by atoms with Crippen LogP contribution in [0.2, 0.25) is 0 Å². The van der Waals surface area contributed by atoms with Crippen LogP contribution >= 0.6 is 0 Å². The molecule has 1 fully saturated rings. The first kappa shape index (κ1) is 20.2. The van der Waals surface area contributed by atoms with Gasteiger partial charge in [0.15, 0.2) is 0 Å². The van der Waals surface area contributed by atoms with Crippen LogP contribution in [0.15, 0.2) is 30.3 Å². The van der Waals surface area contributed by atoms with Gasteiger partial charge in [0.2, 0.25) is 0 Å². The molecule has 0 spiro atoms. The maximum absolute atomic E-state index is 11.7. The van der Waals surface area contributed by atoms with Gasteiger partial charge in [0, 0.05) is 5.56 Å². The lowest BCUT2D eigenvalue weighted by Gasteiger charge is -2.16. The Kier molecular flexibility index (Phi) is 6.55. The summed E-state index contributed by atoms with van der Waals surface area (Å²) in [7, 11) is 1.62. The molecule has 1 aromatic carbocycles. The molecule has 2 aromatic rings. The predicted octanol–water partition coefficient (Wildman–Crippen LogP) is 5.37. The fraction of sp³-hybridized carbons (Fsp3) is 0.478. The molecule has 0 radical (unpaired) electrons. The summed E-state index contributed by atoms with van der Waals surface area (Å²) in [6.07, 6.45) is 6.74. The minimum absolute atomic E-state index is 0.0206. The van der Waals surface area contributed by atoms with Crippen molar-refractivity contribution in [2.75, 3.05) is 7.11 Å². The van der Waals surface area contributed by atoms with Crippen LogP contribution in [-0.2, 0) is 6.42 Å². The number of ether oxygens (including phenoxy) is 2. The standard InChI is InChI=1S/C23H29NO4/c1-15(2)28-22-13-9-17(27-3)14-19(22)21-12-10-18(23(25)26)20(24-21)11-8-16-6-4-5-7-16/h9-10,12-16H,4-8,11H2,1-3H3,(H,25,26). The van der Waals surface area contributed by atoms with Gasteiger partial charge in [0.05, 0.1) is 30.2 Å². The van der Waals surface area contributed by atoms with Crippen LogP contribution in [-0.4, -0.2) is 29.3 Å². The molecule has 5 heteroatoms. The molecule has 0 saturated heterocycles. The van der Waals surface area contributed by atoms with E-state index in [1.165, 1.54) is 25.7 Å². The van der Waals surface area contributed by atoms with E-state index in [1.807, 2.05) is 32.0 Å². The number of rotatable bonds is 8. The number of benzene rings is 1. The van der Waals surface area contributed by atoms with E-state index in [4.69, 9.17) is 14.5 Å². The largest absolute Gasteiger partial charge is 0.497 e. The summed E-state index contributed by atoms with van der Waals surface area (Å²) >= 11 is 0. The first-order valence-electron chi connectivity index (χ1n) is 10.1. The van der Waals surface area contributed by atoms with E-state index < -0.39 is 5.97 Å². The molecule has 1 saturated carbocycles. The fourth-order valence-corrected chi connectivity index (χ4v) is 3.87. The van der Waals surface area contributed by atoms with Gasteiger partial charge in [0.25, 0.3) is 0 Å². The second-order valence-corrected chi connectivity index (χ2v) is 7.71. The van der Waals surface area contributed by atoms with Crippen molar-refractivity contribution in [2.45, 2.75) is 58.5 Å². The molecule has 1 N–H and O–H groups in total. The van der Waals surface area contributed by atoms with Crippen LogP contribution < -0.4 is 9.47 Å². The molecular formula is C23H29NO4. The first-order valence-corrected chi connectivity index (χ1v) is 10.1. The van der Waals surface area contributed by atoms with E-state index in [-0.39, 0.29) is 11.7 Å². The number of hydrogen-bond donors (Lipinski definition) is 1. The number of methoxy groups -OCH3 is 1. The normalized spacial score (nSPS) is 14.4. The summed E-state index contributed by atoms with van der Waals surface area (Å²) in [6.45, 7) is 3.95. The molecule has 1 aliphatic rings. The number of hydrogen-bond acceptors (Lipinski definition) is 4. The topological polar surface area (TPSA) is 68.7 Å². The van der Waals surface area contributed by atoms with E-state index in [2.05, 4.69) is 0 Å². The van der Waals surface area contributed by atoms with Gasteiger partial charge in [-0.2, -0.15) is 0 Å². The summed E-state index contributed by atoms with van der Waals surface area (Å²) < 4.78 is 11.3. The van der Waals surface area contributed by atoms with E-state index >= 15 is 0 Å². The lowest BCUT2D eigenvalue weighted by molar-refractivity contribution is 0.0695. The van der Waals surface area contributed by atoms with E-state index in [1.54, 1.807) is 19.2 Å². The second-order valence-electron chi connectivity index (χ2n) is 7.71. The molecule has 0 unspecified atom stereocenters. The molecule has 150 valence electrons. The Bertz CT molecular complexity index is 825. The Balaban J connectivity index is 1.97. The van der Waals surface area contributed by atoms with Crippen molar-refractivity contribution in [3.63, 3.8) is 0 Å². The third-order valence-electron chi connectivity index (χ3n) is 5.29. The molecule has 1 aliphatic carbocycles. The van der Waals surface area contributed by atoms with Gasteiger partial charge < -0.3 is 14.6 Å². The Morgan fingerprint density at radius 2 is 1.96 bits per heavy atom. The van der Waals surface area contributed by atoms with Crippen molar-refractivity contribution in [2.24, 2.45) is 5.92 Å². The highest BCUT2D eigenvalue weighted by Gasteiger charge is 2.19. The molecule has 3 rings (SSSR count). The van der Waals surface area contributed by atoms with Gasteiger partial charge in [-0.15, -0.1) is 0 Å². The van der Waals surface area contributed by atoms with Crippen molar-refractivity contribution in [1.82, 2.24) is 4.98 Å². The molecule has 1 heterocycles. The average molecular weight is 383 g/mol. The third kappa shape index (κ3) is 4.83. The van der Waals surface area contributed by atoms with Crippen LogP contribution in [0.5, 0.6) is 11.5 Å². The lowest BCUT2D eigenvalue weighted by atomic mass is 9.98. The molecule has 0 atom stereocenters. The maximum atomic E-state index is 11.7. The zero-order valence-corrected chi connectivity index (χ0v) is 16.9. The monoisotopic (exact) mass is 383 g/mol. The van der Waals surface area contributed by atoms with E-state index in [0.717, 1.165) is 12.0 Å². The molecule has 28 heavy (non-hydrogen) atoms. The highest BCUT2D eigenvalue weighted by molar-refractivity contribution is 5.89. The molecule has 5 nitrogen and oxygen atoms in total. The van der Waals surface area contributed by atoms with Crippen molar-refractivity contribution in [3.05, 3.63) is 41.6 Å². The molecule has 0 amide bonds. The number of carbonyl (C=O) groups is 1. The van der Waals surface area contributed by atoms with Crippen molar-refractivity contribution < 1.29 is 19.4 Å². The van der Waals surface area contributed by atoms with Gasteiger partial charge >= 0.3 is 5.97 Å². The van der Waals surface area contributed by atoms with Crippen LogP contribution in [0.4, 0.5) is 0 Å². The van der Waals surface area contributed by atoms with Crippen LogP contribution in [0.3, 0.4) is 0 Å². The number of aryl methyl sites for hydroxylation is 1. The van der Waals surface area contributed by atoms with E-state index in [0.29, 0.717) is 35.2 Å². The molecule has 1 aromatic heterocycles. The highest BCUT2D eigenvalue weighted by atomic mass is 16.5. The summed E-state index contributed by atoms with van der Waals surface area (Å²) in [5.74, 6) is 1.18. The Hall–Kier alpha value is -2.56. The Morgan fingerprint density at radius 3 is 2.61 bits per heavy atom. The smallest absolute Gasteiger partial charge is 0.337 e. The maximum Gasteiger partial charge on any atom is 0.337 e. The summed E-state index contributed by atoms with van der Waals surface area (Å²) in [5.41, 5.74) is 2.46. The van der Waals surface area contributed by atoms with Gasteiger partial charge in [-0.05, 0) is 62.9 Å². The van der Waals surface area contributed by atoms with Crippen molar-refractivity contribution in [1.29, 1.82) is 0 Å². The highest BCUT2D eigenvalue weighted by Crippen LogP contribution is 2.34. The predicted molar refractivity (Wildman–Crippen MR) is 109 cm³/mol. The lowest BCUT2D eigenvalue weighted by Crippen LogP contribution is -2.09. The van der Waals surface area contributed by atoms with E-state index in [9.17, 15) is 9.90 Å². The zero-order chi connectivity index (χ0) is 20.1. The summed E-state index contributed by atoms with van der Waals surface area (Å²) in [6, 6.07) is 9.03. The minimum atomic E-state index is -0.926. The second kappa shape index (κ2) is 9.09. The van der Waals surface area contributed by atoms with Crippen LogP contribution in [0.1, 0.15) is 62.0 Å². The van der Waals surface area contributed by atoms with Crippen LogP contribution in [0.25, 0.3) is 11.3 Å². The first-order chi connectivity index (χ1) is 13.5. The fourth-order valence-electron chi connectivity index (χ4n) is 3.87. The molecular weight excluding hydrogens is 354 g/mol. The van der Waals surface area contributed by atoms with Crippen molar-refractivity contribution in [3.8, 4) is 22.8 Å². The van der Waals surface area contributed by atoms with Crippen molar-refractivity contribution >= 4 is 5.97 Å². The third-order valence-corrected chi connectivity index (χ3v) is 5.29. The Morgan fingerprint density at radius 1 is 1.21 bits per heavy atom. The van der Waals surface area contributed by atoms with Gasteiger partial charge in [-0.25, -0.2) is 4.79 Å². The number of carboxylic acid groups (broad SMARTS) is 1. The zero-order valence-electron chi connectivity index (χ0n) is 16.9. The average Bonchev–Trinajstić information content (AvgIpc) is 3.19. The number of aromatic nitrogens is 1. The summed E-state index contributed by atoms with van der Waals surface area (Å²) in [5, 5.41) is 9.59. The van der Waals surface area contributed by atoms with Gasteiger partial charge in [-0.1, -0.05) is 25.7 Å². The quantitative estimate of drug-likeness (QED) is 0.664. The van der Waals surface area contributed by atoms with Gasteiger partial charge in [0.1, 0.15) is 11.5 Å². The van der Waals surface area contributed by atoms with Gasteiger partial charge in [-0.3, -0.25) is 4.98 Å². The molecule has 0 bridgehead atoms. The number of pyridine rings is 1. The number of carboxylic acids is 1. The Labute approximate surface area is 166 Å². The number of aromatic carboxylic acids is 1. The molecule has 0 aliphatic heterocycles. The minimum Gasteiger partial charge on any atom is -0.497 e. The van der Waals surface area contributed by atoms with Crippen LogP contribution in [0, 0.1) is 5.92 Å². The summed E-state index contributed by atoms with van der Waals surface area (Å²) in [4.78, 5) is 16.4. The number of nitrogens with zero attached hydrogens (tertiary/aromatic N) is 1.